The number of rotatable bonds is 4. The highest BCUT2D eigenvalue weighted by atomic mass is 35.5. The molecule has 0 aliphatic carbocycles. The number of hydrogen-bond donors (Lipinski definition) is 1. The number of hydrogen-bond acceptors (Lipinski definition) is 4. The van der Waals surface area contributed by atoms with Crippen molar-refractivity contribution in [2.45, 2.75) is 17.0 Å². The van der Waals surface area contributed by atoms with E-state index in [2.05, 4.69) is 4.98 Å². The molecule has 2 heterocycles. The van der Waals surface area contributed by atoms with Gasteiger partial charge in [-0.3, -0.25) is 4.79 Å². The molecular formula is C16H9Cl3F3N3O3S. The Hall–Kier alpha value is -2.01. The highest BCUT2D eigenvalue weighted by Gasteiger charge is 2.32. The number of amides is 1. The SMILES string of the molecule is O=C(NS(=O)(=O)c1cc(CCl)ccc1Cl)c1cn2cc(C(F)(F)F)cc(Cl)c2n1. The lowest BCUT2D eigenvalue weighted by Gasteiger charge is -2.08. The van der Waals surface area contributed by atoms with Gasteiger partial charge in [-0.1, -0.05) is 29.3 Å². The Balaban J connectivity index is 1.97. The van der Waals surface area contributed by atoms with Crippen LogP contribution in [-0.4, -0.2) is 23.7 Å². The van der Waals surface area contributed by atoms with E-state index in [0.29, 0.717) is 17.8 Å². The lowest BCUT2D eigenvalue weighted by Crippen LogP contribution is -2.31. The zero-order valence-corrected chi connectivity index (χ0v) is 17.1. The topological polar surface area (TPSA) is 80.5 Å². The molecule has 0 unspecified atom stereocenters. The van der Waals surface area contributed by atoms with Crippen LogP contribution >= 0.6 is 34.8 Å². The number of nitrogens with zero attached hydrogens (tertiary/aromatic N) is 2. The molecule has 0 aliphatic heterocycles. The van der Waals surface area contributed by atoms with Crippen LogP contribution in [0.5, 0.6) is 0 Å². The van der Waals surface area contributed by atoms with Gasteiger partial charge in [0, 0.05) is 18.3 Å². The molecule has 0 aliphatic rings. The van der Waals surface area contributed by atoms with Crippen LogP contribution in [0.15, 0.2) is 41.6 Å². The summed E-state index contributed by atoms with van der Waals surface area (Å²) in [5.74, 6) is -1.16. The predicted octanol–water partition coefficient (Wildman–Crippen LogP) is 4.52. The molecule has 0 fully saturated rings. The third-order valence-corrected chi connectivity index (χ3v) is 6.13. The molecule has 1 aromatic carbocycles. The molecule has 0 atom stereocenters. The van der Waals surface area contributed by atoms with Crippen molar-refractivity contribution in [1.29, 1.82) is 0 Å². The number of imidazole rings is 1. The van der Waals surface area contributed by atoms with Gasteiger partial charge in [0.15, 0.2) is 5.65 Å². The van der Waals surface area contributed by atoms with E-state index >= 15 is 0 Å². The van der Waals surface area contributed by atoms with Crippen LogP contribution in [0.1, 0.15) is 21.6 Å². The number of benzene rings is 1. The number of aromatic nitrogens is 2. The molecule has 3 rings (SSSR count). The zero-order valence-electron chi connectivity index (χ0n) is 14.0. The van der Waals surface area contributed by atoms with Gasteiger partial charge in [-0.2, -0.15) is 13.2 Å². The van der Waals surface area contributed by atoms with Crippen LogP contribution in [0.2, 0.25) is 10.0 Å². The summed E-state index contributed by atoms with van der Waals surface area (Å²) >= 11 is 17.4. The van der Waals surface area contributed by atoms with Crippen LogP contribution in [0.3, 0.4) is 0 Å². The van der Waals surface area contributed by atoms with Crippen molar-refractivity contribution in [1.82, 2.24) is 14.1 Å². The fraction of sp³-hybridized carbons (Fsp3) is 0.125. The van der Waals surface area contributed by atoms with Gasteiger partial charge in [0.2, 0.25) is 0 Å². The number of alkyl halides is 4. The lowest BCUT2D eigenvalue weighted by atomic mass is 10.2. The summed E-state index contributed by atoms with van der Waals surface area (Å²) in [6.07, 6.45) is -3.06. The Morgan fingerprint density at radius 3 is 2.45 bits per heavy atom. The molecule has 0 saturated carbocycles. The maximum absolute atomic E-state index is 12.9. The fourth-order valence-electron chi connectivity index (χ4n) is 2.39. The van der Waals surface area contributed by atoms with E-state index in [-0.39, 0.29) is 26.5 Å². The van der Waals surface area contributed by atoms with E-state index in [1.165, 1.54) is 18.2 Å². The van der Waals surface area contributed by atoms with Crippen molar-refractivity contribution < 1.29 is 26.4 Å². The molecule has 13 heteroatoms. The number of halogens is 6. The smallest absolute Gasteiger partial charge is 0.304 e. The number of pyridine rings is 1. The summed E-state index contributed by atoms with van der Waals surface area (Å²) in [6, 6.07) is 4.67. The van der Waals surface area contributed by atoms with Gasteiger partial charge in [-0.25, -0.2) is 18.1 Å². The highest BCUT2D eigenvalue weighted by Crippen LogP contribution is 2.32. The number of sulfonamides is 1. The Morgan fingerprint density at radius 2 is 1.83 bits per heavy atom. The molecule has 1 amide bonds. The third kappa shape index (κ3) is 4.45. The van der Waals surface area contributed by atoms with Crippen molar-refractivity contribution in [3.63, 3.8) is 0 Å². The number of carbonyl (C=O) groups excluding carboxylic acids is 1. The molecule has 3 aromatic rings. The molecule has 6 nitrogen and oxygen atoms in total. The molecule has 0 bridgehead atoms. The summed E-state index contributed by atoms with van der Waals surface area (Å²) < 4.78 is 66.4. The Labute approximate surface area is 177 Å². The number of fused-ring (bicyclic) bond motifs is 1. The second kappa shape index (κ2) is 7.67. The molecule has 0 saturated heterocycles. The first kappa shape index (κ1) is 21.7. The van der Waals surface area contributed by atoms with Crippen molar-refractivity contribution in [2.75, 3.05) is 0 Å². The van der Waals surface area contributed by atoms with E-state index in [1.54, 1.807) is 4.72 Å². The first-order valence-corrected chi connectivity index (χ1v) is 10.4. The van der Waals surface area contributed by atoms with Crippen LogP contribution < -0.4 is 4.72 Å². The normalized spacial score (nSPS) is 12.3. The van der Waals surface area contributed by atoms with Crippen LogP contribution in [-0.2, 0) is 22.1 Å². The van der Waals surface area contributed by atoms with E-state index in [0.717, 1.165) is 10.6 Å². The van der Waals surface area contributed by atoms with Gasteiger partial charge in [-0.05, 0) is 23.8 Å². The zero-order chi connectivity index (χ0) is 21.6. The van der Waals surface area contributed by atoms with E-state index in [1.807, 2.05) is 0 Å². The number of carbonyl (C=O) groups is 1. The summed E-state index contributed by atoms with van der Waals surface area (Å²) in [5, 5.41) is -0.508. The molecular weight excluding hydrogens is 478 g/mol. The quantitative estimate of drug-likeness (QED) is 0.550. The minimum Gasteiger partial charge on any atom is -0.304 e. The van der Waals surface area contributed by atoms with Crippen LogP contribution in [0.4, 0.5) is 13.2 Å². The van der Waals surface area contributed by atoms with E-state index < -0.39 is 33.4 Å². The molecule has 154 valence electrons. The second-order valence-electron chi connectivity index (χ2n) is 5.76. The standard InChI is InChI=1S/C16H9Cl3F3N3O3S/c17-5-8-1-2-10(18)13(3-8)29(27,28)24-15(26)12-7-25-6-9(16(20,21)22)4-11(19)14(25)23-12/h1-4,6-7H,5H2,(H,24,26). The summed E-state index contributed by atoms with van der Waals surface area (Å²) in [4.78, 5) is 15.8. The summed E-state index contributed by atoms with van der Waals surface area (Å²) in [7, 11) is -4.40. The van der Waals surface area contributed by atoms with Gasteiger partial charge >= 0.3 is 6.18 Å². The summed E-state index contributed by atoms with van der Waals surface area (Å²) in [6.45, 7) is 0. The summed E-state index contributed by atoms with van der Waals surface area (Å²) in [5.41, 5.74) is -1.22. The first-order valence-electron chi connectivity index (χ1n) is 7.59. The van der Waals surface area contributed by atoms with Crippen LogP contribution in [0, 0.1) is 0 Å². The van der Waals surface area contributed by atoms with Crippen molar-refractivity contribution >= 4 is 56.4 Å². The van der Waals surface area contributed by atoms with Crippen molar-refractivity contribution in [3.05, 3.63) is 63.5 Å². The monoisotopic (exact) mass is 485 g/mol. The predicted molar refractivity (Wildman–Crippen MR) is 101 cm³/mol. The average molecular weight is 487 g/mol. The van der Waals surface area contributed by atoms with Gasteiger partial charge in [0.25, 0.3) is 15.9 Å². The molecule has 0 radical (unpaired) electrons. The molecule has 0 spiro atoms. The van der Waals surface area contributed by atoms with E-state index in [4.69, 9.17) is 34.8 Å². The molecule has 29 heavy (non-hydrogen) atoms. The third-order valence-electron chi connectivity index (χ3n) is 3.73. The lowest BCUT2D eigenvalue weighted by molar-refractivity contribution is -0.137. The minimum absolute atomic E-state index is 0.0140. The minimum atomic E-state index is -4.67. The second-order valence-corrected chi connectivity index (χ2v) is 8.50. The van der Waals surface area contributed by atoms with Crippen LogP contribution in [0.25, 0.3) is 5.65 Å². The Bertz CT molecular complexity index is 1230. The van der Waals surface area contributed by atoms with Crippen molar-refractivity contribution in [3.8, 4) is 0 Å². The maximum atomic E-state index is 12.9. The van der Waals surface area contributed by atoms with Gasteiger partial charge in [0.05, 0.1) is 15.6 Å². The van der Waals surface area contributed by atoms with E-state index in [9.17, 15) is 26.4 Å². The molecule has 1 N–H and O–H groups in total. The first-order chi connectivity index (χ1) is 13.4. The Morgan fingerprint density at radius 1 is 1.14 bits per heavy atom. The number of nitrogens with one attached hydrogen (secondary N) is 1. The highest BCUT2D eigenvalue weighted by molar-refractivity contribution is 7.90. The maximum Gasteiger partial charge on any atom is 0.417 e. The Kier molecular flexibility index (Phi) is 5.74. The largest absolute Gasteiger partial charge is 0.417 e. The molecule has 2 aromatic heterocycles. The van der Waals surface area contributed by atoms with Crippen molar-refractivity contribution in [2.24, 2.45) is 0 Å². The average Bonchev–Trinajstić information content (AvgIpc) is 3.06. The van der Waals surface area contributed by atoms with Gasteiger partial charge < -0.3 is 4.40 Å². The van der Waals surface area contributed by atoms with Gasteiger partial charge in [-0.15, -0.1) is 11.6 Å². The van der Waals surface area contributed by atoms with Gasteiger partial charge in [0.1, 0.15) is 10.6 Å². The fourth-order valence-corrected chi connectivity index (χ4v) is 4.32.